The maximum Gasteiger partial charge on any atom is 0.322 e. The van der Waals surface area contributed by atoms with E-state index in [0.717, 1.165) is 58.1 Å². The van der Waals surface area contributed by atoms with Crippen molar-refractivity contribution in [2.75, 3.05) is 5.32 Å². The largest absolute Gasteiger partial charge is 0.481 e. The van der Waals surface area contributed by atoms with Crippen LogP contribution in [0.4, 0.5) is 10.5 Å². The first-order valence-electron chi connectivity index (χ1n) is 14.1. The van der Waals surface area contributed by atoms with E-state index in [-0.39, 0.29) is 24.0 Å². The molecule has 0 aliphatic heterocycles. The molecule has 4 bridgehead atoms. The normalized spacial score (nSPS) is 25.7. The molecule has 4 saturated carbocycles. The molecule has 2 amide bonds. The molecule has 0 saturated heterocycles. The molecule has 39 heavy (non-hydrogen) atoms. The van der Waals surface area contributed by atoms with Crippen LogP contribution in [0, 0.1) is 17.8 Å². The van der Waals surface area contributed by atoms with Crippen molar-refractivity contribution >= 4 is 29.4 Å². The van der Waals surface area contributed by atoms with Gasteiger partial charge in [-0.15, -0.1) is 0 Å². The Morgan fingerprint density at radius 2 is 1.54 bits per heavy atom. The molecule has 3 aromatic rings. The number of aliphatic carboxylic acids is 1. The van der Waals surface area contributed by atoms with Gasteiger partial charge >= 0.3 is 12.0 Å². The third kappa shape index (κ3) is 5.58. The van der Waals surface area contributed by atoms with Crippen LogP contribution in [0.3, 0.4) is 0 Å². The fourth-order valence-electron chi connectivity index (χ4n) is 7.85. The van der Waals surface area contributed by atoms with Gasteiger partial charge in [0.05, 0.1) is 12.5 Å². The van der Waals surface area contributed by atoms with Gasteiger partial charge in [-0.2, -0.15) is 0 Å². The van der Waals surface area contributed by atoms with Gasteiger partial charge in [-0.1, -0.05) is 60.3 Å². The fraction of sp³-hybridized carbons (Fsp3) is 0.394. The SMILES string of the molecule is CC(c1ccccc1)N(C(=O)Nc1cccc(Sc2ccc(CC(=O)O)cc2)c1)C12CC3CC(CC(C3)C1)C2. The van der Waals surface area contributed by atoms with Crippen molar-refractivity contribution in [3.05, 3.63) is 90.0 Å². The van der Waals surface area contributed by atoms with Crippen LogP contribution in [-0.4, -0.2) is 27.5 Å². The summed E-state index contributed by atoms with van der Waals surface area (Å²) >= 11 is 1.60. The summed E-state index contributed by atoms with van der Waals surface area (Å²) in [4.78, 5) is 29.4. The monoisotopic (exact) mass is 540 g/mol. The number of hydrogen-bond acceptors (Lipinski definition) is 3. The Morgan fingerprint density at radius 3 is 2.15 bits per heavy atom. The van der Waals surface area contributed by atoms with Gasteiger partial charge in [0.25, 0.3) is 0 Å². The van der Waals surface area contributed by atoms with Gasteiger partial charge in [-0.3, -0.25) is 4.79 Å². The van der Waals surface area contributed by atoms with Crippen LogP contribution < -0.4 is 5.32 Å². The Bertz CT molecular complexity index is 1310. The minimum absolute atomic E-state index is 0.00604. The number of carboxylic acids is 1. The minimum Gasteiger partial charge on any atom is -0.481 e. The molecule has 0 spiro atoms. The van der Waals surface area contributed by atoms with E-state index < -0.39 is 5.97 Å². The summed E-state index contributed by atoms with van der Waals surface area (Å²) in [6.45, 7) is 2.19. The van der Waals surface area contributed by atoms with Crippen LogP contribution in [0.2, 0.25) is 0 Å². The van der Waals surface area contributed by atoms with Gasteiger partial charge in [-0.25, -0.2) is 4.79 Å². The van der Waals surface area contributed by atoms with E-state index in [9.17, 15) is 9.59 Å². The molecule has 7 rings (SSSR count). The first-order valence-corrected chi connectivity index (χ1v) is 14.9. The molecule has 0 aromatic heterocycles. The summed E-state index contributed by atoms with van der Waals surface area (Å²) in [5.41, 5.74) is 2.68. The molecule has 2 N–H and O–H groups in total. The second-order valence-electron chi connectivity index (χ2n) is 11.9. The highest BCUT2D eigenvalue weighted by atomic mass is 32.2. The van der Waals surface area contributed by atoms with E-state index in [4.69, 9.17) is 5.11 Å². The number of carbonyl (C=O) groups is 2. The number of hydrogen-bond donors (Lipinski definition) is 2. The van der Waals surface area contributed by atoms with Crippen molar-refractivity contribution in [3.8, 4) is 0 Å². The second-order valence-corrected chi connectivity index (χ2v) is 13.0. The quantitative estimate of drug-likeness (QED) is 0.303. The molecule has 4 aliphatic rings. The molecule has 6 heteroatoms. The first kappa shape index (κ1) is 26.0. The highest BCUT2D eigenvalue weighted by Crippen LogP contribution is 2.59. The van der Waals surface area contributed by atoms with Crippen molar-refractivity contribution in [1.82, 2.24) is 4.90 Å². The second kappa shape index (κ2) is 10.7. The summed E-state index contributed by atoms with van der Waals surface area (Å²) in [6, 6.07) is 26.1. The first-order chi connectivity index (χ1) is 18.9. The minimum atomic E-state index is -0.831. The van der Waals surface area contributed by atoms with Crippen molar-refractivity contribution < 1.29 is 14.7 Å². The van der Waals surface area contributed by atoms with E-state index in [1.54, 1.807) is 11.8 Å². The number of anilines is 1. The number of carboxylic acid groups (broad SMARTS) is 1. The van der Waals surface area contributed by atoms with Gasteiger partial charge < -0.3 is 15.3 Å². The smallest absolute Gasteiger partial charge is 0.322 e. The van der Waals surface area contributed by atoms with E-state index in [2.05, 4.69) is 41.4 Å². The molecule has 202 valence electrons. The zero-order valence-corrected chi connectivity index (χ0v) is 23.2. The number of nitrogens with zero attached hydrogens (tertiary/aromatic N) is 1. The average molecular weight is 541 g/mol. The lowest BCUT2D eigenvalue weighted by atomic mass is 9.52. The predicted molar refractivity (Wildman–Crippen MR) is 155 cm³/mol. The van der Waals surface area contributed by atoms with Gasteiger partial charge in [0.2, 0.25) is 0 Å². The van der Waals surface area contributed by atoms with Crippen LogP contribution >= 0.6 is 11.8 Å². The molecule has 4 fully saturated rings. The summed E-state index contributed by atoms with van der Waals surface area (Å²) in [7, 11) is 0. The molecule has 1 unspecified atom stereocenters. The summed E-state index contributed by atoms with van der Waals surface area (Å²) in [5, 5.41) is 12.3. The Morgan fingerprint density at radius 1 is 0.897 bits per heavy atom. The molecule has 0 radical (unpaired) electrons. The Hall–Kier alpha value is -3.25. The molecule has 0 heterocycles. The summed E-state index contributed by atoms with van der Waals surface area (Å²) in [6.07, 6.45) is 7.40. The van der Waals surface area contributed by atoms with E-state index in [1.165, 1.54) is 24.8 Å². The number of amides is 2. The maximum atomic E-state index is 14.2. The van der Waals surface area contributed by atoms with E-state index in [1.807, 2.05) is 54.6 Å². The Kier molecular flexibility index (Phi) is 7.15. The van der Waals surface area contributed by atoms with Crippen molar-refractivity contribution in [2.45, 2.75) is 73.2 Å². The van der Waals surface area contributed by atoms with Crippen LogP contribution in [0.15, 0.2) is 88.7 Å². The maximum absolute atomic E-state index is 14.2. The van der Waals surface area contributed by atoms with Gasteiger partial charge in [-0.05, 0) is 105 Å². The highest BCUT2D eigenvalue weighted by molar-refractivity contribution is 7.99. The van der Waals surface area contributed by atoms with E-state index >= 15 is 0 Å². The van der Waals surface area contributed by atoms with Gasteiger partial charge in [0.15, 0.2) is 0 Å². The predicted octanol–water partition coefficient (Wildman–Crippen LogP) is 8.03. The lowest BCUT2D eigenvalue weighted by molar-refractivity contribution is -0.136. The van der Waals surface area contributed by atoms with E-state index in [0.29, 0.717) is 0 Å². The third-order valence-corrected chi connectivity index (χ3v) is 10.0. The number of carbonyl (C=O) groups excluding carboxylic acids is 1. The summed E-state index contributed by atoms with van der Waals surface area (Å²) < 4.78 is 0. The lowest BCUT2D eigenvalue weighted by Crippen LogP contribution is -2.62. The van der Waals surface area contributed by atoms with Crippen LogP contribution in [-0.2, 0) is 11.2 Å². The molecule has 3 aromatic carbocycles. The Labute approximate surface area is 235 Å². The zero-order valence-electron chi connectivity index (χ0n) is 22.4. The molecule has 4 aliphatic carbocycles. The highest BCUT2D eigenvalue weighted by Gasteiger charge is 2.55. The van der Waals surface area contributed by atoms with Crippen molar-refractivity contribution in [2.24, 2.45) is 17.8 Å². The van der Waals surface area contributed by atoms with Crippen LogP contribution in [0.5, 0.6) is 0 Å². The Balaban J connectivity index is 1.23. The number of benzene rings is 3. The van der Waals surface area contributed by atoms with Crippen molar-refractivity contribution in [3.63, 3.8) is 0 Å². The summed E-state index contributed by atoms with van der Waals surface area (Å²) in [5.74, 6) is 1.41. The van der Waals surface area contributed by atoms with Crippen molar-refractivity contribution in [1.29, 1.82) is 0 Å². The lowest BCUT2D eigenvalue weighted by Gasteiger charge is -2.61. The zero-order chi connectivity index (χ0) is 27.0. The van der Waals surface area contributed by atoms with Gasteiger partial charge in [0, 0.05) is 21.0 Å². The number of nitrogens with one attached hydrogen (secondary N) is 1. The topological polar surface area (TPSA) is 69.6 Å². The number of urea groups is 1. The number of rotatable bonds is 8. The molecule has 1 atom stereocenters. The fourth-order valence-corrected chi connectivity index (χ4v) is 8.73. The molecular weight excluding hydrogens is 504 g/mol. The van der Waals surface area contributed by atoms with Gasteiger partial charge in [0.1, 0.15) is 0 Å². The van der Waals surface area contributed by atoms with Crippen LogP contribution in [0.1, 0.15) is 62.6 Å². The average Bonchev–Trinajstić information content (AvgIpc) is 2.89. The third-order valence-electron chi connectivity index (χ3n) is 9.00. The molecule has 5 nitrogen and oxygen atoms in total. The molecular formula is C33H36N2O3S. The standard InChI is InChI=1S/C33H36N2O3S/c1-22(27-6-3-2-4-7-27)35(33-19-24-14-25(20-33)16-26(15-24)21-33)32(38)34-28-8-5-9-30(18-28)39-29-12-10-23(11-13-29)17-31(36)37/h2-13,18,22,24-26H,14-17,19-21H2,1H3,(H,34,38)(H,36,37). The van der Waals surface area contributed by atoms with Crippen LogP contribution in [0.25, 0.3) is 0 Å².